The molecule has 2 saturated heterocycles. The van der Waals surface area contributed by atoms with Gasteiger partial charge in [-0.1, -0.05) is 59.6 Å². The number of nitrogens with one attached hydrogen (secondary N) is 1. The molecule has 0 bridgehead atoms. The third kappa shape index (κ3) is 5.34. The molecule has 40 heavy (non-hydrogen) atoms. The van der Waals surface area contributed by atoms with Gasteiger partial charge in [-0.05, 0) is 48.7 Å². The van der Waals surface area contributed by atoms with Crippen molar-refractivity contribution in [2.75, 3.05) is 26.5 Å². The standard InChI is InChI=1S/C29H30Cl2N4O4S/c30-24-10-9-23(16-25(24)31)40(36,37)34-14-11-22(12-15-34)28-33-27(26-8-4-5-13-32-26)18-35(28)29(19-38-20-39-29)17-21-6-2-1-3-7-21/h1-10,13,16,18,22,28,33H,11-12,14-15,17,19-20H2. The van der Waals surface area contributed by atoms with Crippen molar-refractivity contribution in [1.82, 2.24) is 19.5 Å². The number of halogens is 2. The van der Waals surface area contributed by atoms with Crippen molar-refractivity contribution in [3.05, 3.63) is 100 Å². The molecule has 2 atom stereocenters. The Kier molecular flexibility index (Phi) is 7.78. The predicted molar refractivity (Wildman–Crippen MR) is 154 cm³/mol. The summed E-state index contributed by atoms with van der Waals surface area (Å²) in [5.74, 6) is 0.148. The summed E-state index contributed by atoms with van der Waals surface area (Å²) in [6, 6.07) is 20.5. The van der Waals surface area contributed by atoms with E-state index in [4.69, 9.17) is 32.7 Å². The Balaban J connectivity index is 1.26. The molecule has 2 fully saturated rings. The predicted octanol–water partition coefficient (Wildman–Crippen LogP) is 4.96. The molecule has 3 aliphatic rings. The SMILES string of the molecule is O=S(=O)(c1ccc(Cl)c(Cl)c1)N1CCC(C2NC(c3ccccn3)=CN2C2(Cc3ccccc3)COCO2)CC1. The average molecular weight is 602 g/mol. The summed E-state index contributed by atoms with van der Waals surface area (Å²) in [5, 5.41) is 4.25. The molecule has 6 rings (SSSR count). The summed E-state index contributed by atoms with van der Waals surface area (Å²) in [6.07, 6.45) is 5.71. The number of pyridine rings is 1. The maximum atomic E-state index is 13.4. The normalized spacial score (nSPS) is 24.2. The van der Waals surface area contributed by atoms with Gasteiger partial charge in [0.1, 0.15) is 13.0 Å². The van der Waals surface area contributed by atoms with Crippen molar-refractivity contribution in [1.29, 1.82) is 0 Å². The van der Waals surface area contributed by atoms with E-state index >= 15 is 0 Å². The van der Waals surface area contributed by atoms with Crippen LogP contribution in [0.1, 0.15) is 24.1 Å². The maximum Gasteiger partial charge on any atom is 0.243 e. The minimum Gasteiger partial charge on any atom is -0.362 e. The van der Waals surface area contributed by atoms with E-state index in [1.165, 1.54) is 22.5 Å². The number of benzene rings is 2. The number of nitrogens with zero attached hydrogens (tertiary/aromatic N) is 3. The zero-order chi connectivity index (χ0) is 27.7. The minimum atomic E-state index is -3.70. The molecule has 4 heterocycles. The molecule has 1 aromatic heterocycles. The van der Waals surface area contributed by atoms with E-state index in [0.29, 0.717) is 44.0 Å². The summed E-state index contributed by atoms with van der Waals surface area (Å²) in [5.41, 5.74) is 2.18. The van der Waals surface area contributed by atoms with Crippen LogP contribution in [0.3, 0.4) is 0 Å². The Morgan fingerprint density at radius 3 is 2.45 bits per heavy atom. The topological polar surface area (TPSA) is 84.0 Å². The number of hydrogen-bond acceptors (Lipinski definition) is 7. The lowest BCUT2D eigenvalue weighted by Gasteiger charge is -2.45. The molecule has 2 aromatic carbocycles. The van der Waals surface area contributed by atoms with Crippen LogP contribution in [0.5, 0.6) is 0 Å². The van der Waals surface area contributed by atoms with Crippen LogP contribution in [-0.2, 0) is 25.9 Å². The van der Waals surface area contributed by atoms with Gasteiger partial charge in [0.05, 0.1) is 32.9 Å². The Morgan fingerprint density at radius 2 is 1.77 bits per heavy atom. The van der Waals surface area contributed by atoms with Crippen LogP contribution >= 0.6 is 23.2 Å². The molecule has 0 spiro atoms. The van der Waals surface area contributed by atoms with Crippen molar-refractivity contribution in [3.8, 4) is 0 Å². The fourth-order valence-corrected chi connectivity index (χ4v) is 7.59. The van der Waals surface area contributed by atoms with Crippen molar-refractivity contribution in [2.24, 2.45) is 5.92 Å². The Hall–Kier alpha value is -2.66. The largest absolute Gasteiger partial charge is 0.362 e. The Morgan fingerprint density at radius 1 is 1.00 bits per heavy atom. The molecule has 210 valence electrons. The summed E-state index contributed by atoms with van der Waals surface area (Å²) < 4.78 is 40.5. The van der Waals surface area contributed by atoms with Crippen LogP contribution in [0.25, 0.3) is 5.70 Å². The Labute approximate surface area is 244 Å². The third-order valence-corrected chi connectivity index (χ3v) is 10.5. The lowest BCUT2D eigenvalue weighted by Crippen LogP contribution is -2.58. The van der Waals surface area contributed by atoms with E-state index in [0.717, 1.165) is 17.0 Å². The van der Waals surface area contributed by atoms with Crippen LogP contribution in [0.2, 0.25) is 10.0 Å². The highest BCUT2D eigenvalue weighted by Gasteiger charge is 2.49. The zero-order valence-electron chi connectivity index (χ0n) is 21.7. The van der Waals surface area contributed by atoms with Gasteiger partial charge in [0, 0.05) is 37.8 Å². The van der Waals surface area contributed by atoms with Gasteiger partial charge in [-0.15, -0.1) is 0 Å². The smallest absolute Gasteiger partial charge is 0.243 e. The second-order valence-electron chi connectivity index (χ2n) is 10.3. The summed E-state index contributed by atoms with van der Waals surface area (Å²) in [4.78, 5) is 6.95. The van der Waals surface area contributed by atoms with Gasteiger partial charge < -0.3 is 19.7 Å². The molecule has 11 heteroatoms. The van der Waals surface area contributed by atoms with Gasteiger partial charge in [-0.3, -0.25) is 4.98 Å². The summed E-state index contributed by atoms with van der Waals surface area (Å²) in [6.45, 7) is 1.40. The van der Waals surface area contributed by atoms with Crippen molar-refractivity contribution in [2.45, 2.75) is 36.0 Å². The van der Waals surface area contributed by atoms with Gasteiger partial charge in [-0.25, -0.2) is 8.42 Å². The molecule has 0 radical (unpaired) electrons. The molecule has 3 aliphatic heterocycles. The lowest BCUT2D eigenvalue weighted by molar-refractivity contribution is -0.119. The monoisotopic (exact) mass is 600 g/mol. The highest BCUT2D eigenvalue weighted by molar-refractivity contribution is 7.89. The van der Waals surface area contributed by atoms with E-state index in [1.54, 1.807) is 6.20 Å². The van der Waals surface area contributed by atoms with Crippen LogP contribution in [0.15, 0.2) is 84.0 Å². The molecule has 0 amide bonds. The summed E-state index contributed by atoms with van der Waals surface area (Å²) in [7, 11) is -3.70. The van der Waals surface area contributed by atoms with Gasteiger partial charge in [0.2, 0.25) is 10.0 Å². The van der Waals surface area contributed by atoms with E-state index in [2.05, 4.69) is 33.5 Å². The number of piperidine rings is 1. The number of ether oxygens (including phenoxy) is 2. The van der Waals surface area contributed by atoms with Crippen molar-refractivity contribution < 1.29 is 17.9 Å². The maximum absolute atomic E-state index is 13.4. The number of rotatable bonds is 7. The first-order valence-electron chi connectivity index (χ1n) is 13.2. The Bertz CT molecular complexity index is 1480. The van der Waals surface area contributed by atoms with E-state index in [-0.39, 0.29) is 28.8 Å². The zero-order valence-corrected chi connectivity index (χ0v) is 24.1. The molecule has 8 nitrogen and oxygen atoms in total. The highest BCUT2D eigenvalue weighted by atomic mass is 35.5. The van der Waals surface area contributed by atoms with Crippen LogP contribution in [-0.4, -0.2) is 61.0 Å². The average Bonchev–Trinajstić information content (AvgIpc) is 3.64. The second-order valence-corrected chi connectivity index (χ2v) is 13.0. The van der Waals surface area contributed by atoms with Gasteiger partial charge in [-0.2, -0.15) is 4.31 Å². The molecular weight excluding hydrogens is 571 g/mol. The number of hydrogen-bond donors (Lipinski definition) is 1. The van der Waals surface area contributed by atoms with Gasteiger partial charge >= 0.3 is 0 Å². The van der Waals surface area contributed by atoms with Crippen LogP contribution < -0.4 is 5.32 Å². The third-order valence-electron chi connectivity index (χ3n) is 7.82. The van der Waals surface area contributed by atoms with Crippen molar-refractivity contribution >= 4 is 38.9 Å². The fraction of sp³-hybridized carbons (Fsp3) is 0.345. The van der Waals surface area contributed by atoms with E-state index < -0.39 is 15.7 Å². The minimum absolute atomic E-state index is 0.128. The quantitative estimate of drug-likeness (QED) is 0.410. The van der Waals surface area contributed by atoms with E-state index in [9.17, 15) is 8.42 Å². The van der Waals surface area contributed by atoms with Crippen LogP contribution in [0, 0.1) is 5.92 Å². The number of aromatic nitrogens is 1. The first kappa shape index (κ1) is 27.5. The van der Waals surface area contributed by atoms with Gasteiger partial charge in [0.25, 0.3) is 0 Å². The summed E-state index contributed by atoms with van der Waals surface area (Å²) >= 11 is 12.1. The second kappa shape index (κ2) is 11.3. The van der Waals surface area contributed by atoms with Gasteiger partial charge in [0.15, 0.2) is 5.72 Å². The molecule has 2 unspecified atom stereocenters. The van der Waals surface area contributed by atoms with Crippen LogP contribution in [0.4, 0.5) is 0 Å². The molecule has 1 N–H and O–H groups in total. The number of sulfonamides is 1. The molecule has 0 aliphatic carbocycles. The first-order valence-corrected chi connectivity index (χ1v) is 15.4. The fourth-order valence-electron chi connectivity index (χ4n) is 5.73. The van der Waals surface area contributed by atoms with Crippen molar-refractivity contribution in [3.63, 3.8) is 0 Å². The molecular formula is C29H30Cl2N4O4S. The lowest BCUT2D eigenvalue weighted by atomic mass is 9.92. The van der Waals surface area contributed by atoms with E-state index in [1.807, 2.05) is 36.4 Å². The highest BCUT2D eigenvalue weighted by Crippen LogP contribution is 2.39. The molecule has 3 aromatic rings. The first-order chi connectivity index (χ1) is 19.4. The molecule has 0 saturated carbocycles.